The summed E-state index contributed by atoms with van der Waals surface area (Å²) in [6.07, 6.45) is -3.25. The van der Waals surface area contributed by atoms with E-state index in [-0.39, 0.29) is 17.4 Å². The minimum atomic E-state index is -4.87. The molecule has 0 bridgehead atoms. The first-order valence-corrected chi connectivity index (χ1v) is 12.3. The second-order valence-electron chi connectivity index (χ2n) is 8.83. The van der Waals surface area contributed by atoms with Gasteiger partial charge in [-0.25, -0.2) is 0 Å². The van der Waals surface area contributed by atoms with E-state index in [1.165, 1.54) is 18.2 Å². The fourth-order valence-corrected chi connectivity index (χ4v) is 4.57. The Morgan fingerprint density at radius 2 is 1.84 bits per heavy atom. The number of aromatic amines is 1. The normalized spacial score (nSPS) is 14.1. The summed E-state index contributed by atoms with van der Waals surface area (Å²) in [5.74, 6) is -1.10. The maximum atomic E-state index is 13.4. The highest BCUT2D eigenvalue weighted by molar-refractivity contribution is 6.35. The number of H-pyrrole nitrogens is 1. The molecular formula is C28H29F3N4O3. The standard InChI is InChI=1S/C28H29F3N4O3/c1-4-35(5-2)14-13-32-27(37)24-17(3)33-23(16-21-20-11-6-7-12-22(20)34-26(21)36)25(24)18-9-8-10-19(15-18)38-28(29,30)31/h6-12,15-16,33H,4-5,13-14H2,1-3H3,(H,32,37)(H,34,36)/b21-16-. The van der Waals surface area contributed by atoms with Gasteiger partial charge in [-0.3, -0.25) is 9.59 Å². The smallest absolute Gasteiger partial charge is 0.406 e. The number of rotatable bonds is 9. The van der Waals surface area contributed by atoms with Crippen LogP contribution in [0.4, 0.5) is 18.9 Å². The molecule has 0 spiro atoms. The van der Waals surface area contributed by atoms with Crippen LogP contribution in [-0.2, 0) is 4.79 Å². The molecule has 2 amide bonds. The molecule has 4 rings (SSSR count). The second kappa shape index (κ2) is 11.1. The SMILES string of the molecule is CCN(CC)CCNC(=O)c1c(C)[nH]c(/C=C2\C(=O)Nc3ccccc32)c1-c1cccc(OC(F)(F)F)c1. The molecule has 0 saturated heterocycles. The first-order valence-electron chi connectivity index (χ1n) is 12.3. The van der Waals surface area contributed by atoms with E-state index in [9.17, 15) is 22.8 Å². The zero-order valence-electron chi connectivity index (χ0n) is 21.3. The van der Waals surface area contributed by atoms with Crippen LogP contribution < -0.4 is 15.4 Å². The Bertz CT molecular complexity index is 1370. The molecule has 38 heavy (non-hydrogen) atoms. The van der Waals surface area contributed by atoms with Crippen LogP contribution in [-0.4, -0.2) is 54.2 Å². The van der Waals surface area contributed by atoms with Gasteiger partial charge in [-0.15, -0.1) is 13.2 Å². The Morgan fingerprint density at radius 1 is 1.11 bits per heavy atom. The van der Waals surface area contributed by atoms with Gasteiger partial charge in [0.2, 0.25) is 0 Å². The van der Waals surface area contributed by atoms with Crippen LogP contribution in [0.5, 0.6) is 5.75 Å². The lowest BCUT2D eigenvalue weighted by Gasteiger charge is -2.18. The second-order valence-corrected chi connectivity index (χ2v) is 8.83. The van der Waals surface area contributed by atoms with E-state index in [1.54, 1.807) is 43.3 Å². The van der Waals surface area contributed by atoms with E-state index in [0.717, 1.165) is 13.1 Å². The molecule has 10 heteroatoms. The van der Waals surface area contributed by atoms with Gasteiger partial charge in [0, 0.05) is 41.3 Å². The third-order valence-corrected chi connectivity index (χ3v) is 6.41. The van der Waals surface area contributed by atoms with Crippen LogP contribution >= 0.6 is 0 Å². The molecule has 2 heterocycles. The van der Waals surface area contributed by atoms with E-state index in [2.05, 4.69) is 25.3 Å². The molecule has 1 aromatic heterocycles. The Balaban J connectivity index is 1.79. The number of aromatic nitrogens is 1. The maximum Gasteiger partial charge on any atom is 0.573 e. The monoisotopic (exact) mass is 526 g/mol. The van der Waals surface area contributed by atoms with Gasteiger partial charge in [0.15, 0.2) is 0 Å². The van der Waals surface area contributed by atoms with Gasteiger partial charge in [-0.2, -0.15) is 0 Å². The number of alkyl halides is 3. The Labute approximate surface area is 218 Å². The summed E-state index contributed by atoms with van der Waals surface area (Å²) in [6, 6.07) is 12.6. The highest BCUT2D eigenvalue weighted by Crippen LogP contribution is 2.38. The number of ether oxygens (including phenoxy) is 1. The molecule has 7 nitrogen and oxygen atoms in total. The predicted molar refractivity (Wildman–Crippen MR) is 141 cm³/mol. The Morgan fingerprint density at radius 3 is 2.55 bits per heavy atom. The number of benzene rings is 2. The van der Waals surface area contributed by atoms with Gasteiger partial charge in [-0.1, -0.05) is 44.2 Å². The summed E-state index contributed by atoms with van der Waals surface area (Å²) in [6.45, 7) is 8.51. The Kier molecular flexibility index (Phi) is 7.91. The molecule has 0 aliphatic carbocycles. The van der Waals surface area contributed by atoms with Gasteiger partial charge in [0.05, 0.1) is 11.1 Å². The molecule has 1 aliphatic rings. The lowest BCUT2D eigenvalue weighted by molar-refractivity contribution is -0.274. The average Bonchev–Trinajstić information content (AvgIpc) is 3.36. The maximum absolute atomic E-state index is 13.4. The van der Waals surface area contributed by atoms with Crippen LogP contribution in [0.15, 0.2) is 48.5 Å². The Hall–Kier alpha value is -4.05. The van der Waals surface area contributed by atoms with E-state index in [4.69, 9.17) is 0 Å². The first-order chi connectivity index (χ1) is 18.1. The van der Waals surface area contributed by atoms with Crippen molar-refractivity contribution in [3.63, 3.8) is 0 Å². The number of carbonyl (C=O) groups is 2. The molecule has 0 saturated carbocycles. The fourth-order valence-electron chi connectivity index (χ4n) is 4.57. The summed E-state index contributed by atoms with van der Waals surface area (Å²) >= 11 is 0. The number of hydrogen-bond donors (Lipinski definition) is 3. The minimum absolute atomic E-state index is 0.284. The molecule has 0 unspecified atom stereocenters. The molecule has 200 valence electrons. The molecule has 1 aliphatic heterocycles. The zero-order chi connectivity index (χ0) is 27.4. The van der Waals surface area contributed by atoms with Gasteiger partial charge in [0.1, 0.15) is 5.75 Å². The molecule has 0 atom stereocenters. The number of aryl methyl sites for hydroxylation is 1. The van der Waals surface area contributed by atoms with Crippen LogP contribution in [0.1, 0.15) is 41.2 Å². The molecular weight excluding hydrogens is 497 g/mol. The highest BCUT2D eigenvalue weighted by atomic mass is 19.4. The van der Waals surface area contributed by atoms with Crippen LogP contribution in [0, 0.1) is 6.92 Å². The van der Waals surface area contributed by atoms with Crippen molar-refractivity contribution in [3.05, 3.63) is 71.0 Å². The number of nitrogens with zero attached hydrogens (tertiary/aromatic N) is 1. The van der Waals surface area contributed by atoms with Crippen LogP contribution in [0.3, 0.4) is 0 Å². The van der Waals surface area contributed by atoms with E-state index in [0.29, 0.717) is 52.4 Å². The lowest BCUT2D eigenvalue weighted by atomic mass is 9.97. The van der Waals surface area contributed by atoms with E-state index < -0.39 is 12.1 Å². The number of fused-ring (bicyclic) bond motifs is 1. The van der Waals surface area contributed by atoms with Gasteiger partial charge < -0.3 is 25.3 Å². The third kappa shape index (κ3) is 5.91. The molecule has 0 radical (unpaired) electrons. The van der Waals surface area contributed by atoms with Crippen molar-refractivity contribution in [1.82, 2.24) is 15.2 Å². The molecule has 0 fully saturated rings. The number of para-hydroxylation sites is 1. The molecule has 3 aromatic rings. The number of amides is 2. The quantitative estimate of drug-likeness (QED) is 0.324. The number of nitrogens with one attached hydrogen (secondary N) is 3. The van der Waals surface area contributed by atoms with E-state index in [1.807, 2.05) is 13.8 Å². The van der Waals surface area contributed by atoms with Crippen molar-refractivity contribution < 1.29 is 27.5 Å². The number of hydrogen-bond acceptors (Lipinski definition) is 4. The first kappa shape index (κ1) is 27.0. The highest BCUT2D eigenvalue weighted by Gasteiger charge is 2.32. The van der Waals surface area contributed by atoms with Crippen molar-refractivity contribution in [2.75, 3.05) is 31.5 Å². The summed E-state index contributed by atoms with van der Waals surface area (Å²) < 4.78 is 42.9. The van der Waals surface area contributed by atoms with Crippen molar-refractivity contribution in [1.29, 1.82) is 0 Å². The fraction of sp³-hybridized carbons (Fsp3) is 0.286. The van der Waals surface area contributed by atoms with Crippen LogP contribution in [0.2, 0.25) is 0 Å². The lowest BCUT2D eigenvalue weighted by Crippen LogP contribution is -2.35. The summed E-state index contributed by atoms with van der Waals surface area (Å²) in [5.41, 5.74) is 3.65. The van der Waals surface area contributed by atoms with E-state index >= 15 is 0 Å². The number of likely N-dealkylation sites (N-methyl/N-ethyl adjacent to an activating group) is 1. The van der Waals surface area contributed by atoms with Crippen molar-refractivity contribution in [2.45, 2.75) is 27.1 Å². The van der Waals surface area contributed by atoms with Gasteiger partial charge in [-0.05, 0) is 49.9 Å². The summed E-state index contributed by atoms with van der Waals surface area (Å²) in [4.78, 5) is 31.5. The minimum Gasteiger partial charge on any atom is -0.406 e. The number of anilines is 1. The average molecular weight is 527 g/mol. The zero-order valence-corrected chi connectivity index (χ0v) is 21.3. The topological polar surface area (TPSA) is 86.5 Å². The van der Waals surface area contributed by atoms with Crippen molar-refractivity contribution in [2.24, 2.45) is 0 Å². The summed E-state index contributed by atoms with van der Waals surface area (Å²) in [5, 5.41) is 5.73. The molecule has 2 aromatic carbocycles. The largest absolute Gasteiger partial charge is 0.573 e. The molecule has 3 N–H and O–H groups in total. The predicted octanol–water partition coefficient (Wildman–Crippen LogP) is 5.45. The van der Waals surface area contributed by atoms with Gasteiger partial charge in [0.25, 0.3) is 11.8 Å². The van der Waals surface area contributed by atoms with Crippen molar-refractivity contribution in [3.8, 4) is 16.9 Å². The van der Waals surface area contributed by atoms with Crippen molar-refractivity contribution >= 4 is 29.2 Å². The van der Waals surface area contributed by atoms with Gasteiger partial charge >= 0.3 is 6.36 Å². The van der Waals surface area contributed by atoms with Crippen LogP contribution in [0.25, 0.3) is 22.8 Å². The summed E-state index contributed by atoms with van der Waals surface area (Å²) in [7, 11) is 0. The third-order valence-electron chi connectivity index (χ3n) is 6.41. The number of halogens is 3. The number of carbonyl (C=O) groups excluding carboxylic acids is 2.